The van der Waals surface area contributed by atoms with Crippen LogP contribution in [0.1, 0.15) is 30.5 Å². The van der Waals surface area contributed by atoms with Crippen LogP contribution in [0.2, 0.25) is 0 Å². The van der Waals surface area contributed by atoms with Crippen molar-refractivity contribution >= 4 is 5.69 Å². The van der Waals surface area contributed by atoms with Crippen LogP contribution in [0.4, 0.5) is 10.1 Å². The highest BCUT2D eigenvalue weighted by Gasteiger charge is 2.37. The van der Waals surface area contributed by atoms with Crippen molar-refractivity contribution in [3.8, 4) is 17.2 Å². The van der Waals surface area contributed by atoms with Crippen LogP contribution in [0.3, 0.4) is 0 Å². The monoisotopic (exact) mass is 358 g/mol. The van der Waals surface area contributed by atoms with Gasteiger partial charge in [-0.1, -0.05) is 36.4 Å². The SMILES string of the molecule is CC1Nc2ccc(-c3cc(F)cc(C#N)c3)cc2C(C)(c2ccccc2)O1. The Morgan fingerprint density at radius 1 is 1.04 bits per heavy atom. The molecule has 0 amide bonds. The Morgan fingerprint density at radius 3 is 2.56 bits per heavy atom. The van der Waals surface area contributed by atoms with E-state index in [0.29, 0.717) is 11.1 Å². The summed E-state index contributed by atoms with van der Waals surface area (Å²) in [6.07, 6.45) is -0.145. The average molecular weight is 358 g/mol. The van der Waals surface area contributed by atoms with E-state index in [9.17, 15) is 4.39 Å². The number of nitrogens with one attached hydrogen (secondary N) is 1. The molecule has 0 radical (unpaired) electrons. The van der Waals surface area contributed by atoms with Crippen molar-refractivity contribution in [3.05, 3.63) is 89.2 Å². The van der Waals surface area contributed by atoms with E-state index in [1.807, 2.05) is 61.5 Å². The number of nitrogens with zero attached hydrogens (tertiary/aromatic N) is 1. The van der Waals surface area contributed by atoms with Crippen LogP contribution in [0.5, 0.6) is 0 Å². The number of ether oxygens (including phenoxy) is 1. The molecule has 2 atom stereocenters. The van der Waals surface area contributed by atoms with Crippen molar-refractivity contribution in [2.24, 2.45) is 0 Å². The summed E-state index contributed by atoms with van der Waals surface area (Å²) in [5, 5.41) is 12.5. The molecule has 2 unspecified atom stereocenters. The minimum Gasteiger partial charge on any atom is -0.360 e. The molecule has 1 aliphatic heterocycles. The molecule has 134 valence electrons. The summed E-state index contributed by atoms with van der Waals surface area (Å²) >= 11 is 0. The van der Waals surface area contributed by atoms with Crippen molar-refractivity contribution in [3.63, 3.8) is 0 Å². The summed E-state index contributed by atoms with van der Waals surface area (Å²) in [5.41, 5.74) is 4.19. The van der Waals surface area contributed by atoms with Crippen molar-refractivity contribution in [2.75, 3.05) is 5.32 Å². The first kappa shape index (κ1) is 17.3. The van der Waals surface area contributed by atoms with Crippen molar-refractivity contribution in [1.29, 1.82) is 5.26 Å². The molecule has 4 rings (SSSR count). The van der Waals surface area contributed by atoms with Gasteiger partial charge in [-0.25, -0.2) is 4.39 Å². The molecular formula is C23H19FN2O. The quantitative estimate of drug-likeness (QED) is 0.666. The fourth-order valence-electron chi connectivity index (χ4n) is 3.71. The molecule has 4 heteroatoms. The molecule has 0 saturated carbocycles. The van der Waals surface area contributed by atoms with Gasteiger partial charge in [-0.2, -0.15) is 5.26 Å². The van der Waals surface area contributed by atoms with Gasteiger partial charge < -0.3 is 10.1 Å². The Labute approximate surface area is 158 Å². The van der Waals surface area contributed by atoms with Crippen LogP contribution in [0.15, 0.2) is 66.7 Å². The molecule has 0 bridgehead atoms. The lowest BCUT2D eigenvalue weighted by Crippen LogP contribution is -2.40. The first-order valence-corrected chi connectivity index (χ1v) is 8.85. The fourth-order valence-corrected chi connectivity index (χ4v) is 3.71. The highest BCUT2D eigenvalue weighted by molar-refractivity contribution is 5.72. The summed E-state index contributed by atoms with van der Waals surface area (Å²) in [6.45, 7) is 4.03. The number of rotatable bonds is 2. The molecular weight excluding hydrogens is 339 g/mol. The van der Waals surface area contributed by atoms with E-state index in [0.717, 1.165) is 22.4 Å². The Balaban J connectivity index is 1.89. The topological polar surface area (TPSA) is 45.0 Å². The molecule has 3 nitrogen and oxygen atoms in total. The summed E-state index contributed by atoms with van der Waals surface area (Å²) in [5.74, 6) is -0.421. The fraction of sp³-hybridized carbons (Fsp3) is 0.174. The minimum atomic E-state index is -0.636. The number of hydrogen-bond donors (Lipinski definition) is 1. The lowest BCUT2D eigenvalue weighted by atomic mass is 9.84. The van der Waals surface area contributed by atoms with Crippen LogP contribution in [-0.2, 0) is 10.3 Å². The van der Waals surface area contributed by atoms with E-state index < -0.39 is 11.4 Å². The second-order valence-electron chi connectivity index (χ2n) is 6.90. The Hall–Kier alpha value is -3.16. The maximum Gasteiger partial charge on any atom is 0.126 e. The molecule has 1 heterocycles. The Morgan fingerprint density at radius 2 is 1.81 bits per heavy atom. The molecule has 1 aliphatic rings. The van der Waals surface area contributed by atoms with Gasteiger partial charge >= 0.3 is 0 Å². The largest absolute Gasteiger partial charge is 0.360 e. The van der Waals surface area contributed by atoms with Gasteiger partial charge in [0, 0.05) is 11.3 Å². The van der Waals surface area contributed by atoms with Crippen molar-refractivity contribution < 1.29 is 9.13 Å². The Bertz CT molecular complexity index is 1040. The molecule has 27 heavy (non-hydrogen) atoms. The summed E-state index contributed by atoms with van der Waals surface area (Å²) in [6, 6.07) is 22.4. The normalized spacial score (nSPS) is 21.0. The van der Waals surface area contributed by atoms with E-state index in [4.69, 9.17) is 10.00 Å². The third-order valence-electron chi connectivity index (χ3n) is 4.99. The van der Waals surface area contributed by atoms with Gasteiger partial charge in [0.05, 0.1) is 11.6 Å². The maximum atomic E-state index is 13.9. The molecule has 0 spiro atoms. The predicted molar refractivity (Wildman–Crippen MR) is 104 cm³/mol. The standard InChI is InChI=1S/C23H19FN2O/c1-15-26-22-9-8-17(18-10-16(14-25)11-20(24)12-18)13-21(22)23(2,27-15)19-6-4-3-5-7-19/h3-13,15,26H,1-2H3. The molecule has 0 saturated heterocycles. The zero-order valence-electron chi connectivity index (χ0n) is 15.2. The van der Waals surface area contributed by atoms with Gasteiger partial charge in [0.25, 0.3) is 0 Å². The first-order valence-electron chi connectivity index (χ1n) is 8.85. The van der Waals surface area contributed by atoms with E-state index in [2.05, 4.69) is 12.2 Å². The summed E-state index contributed by atoms with van der Waals surface area (Å²) in [4.78, 5) is 0. The summed E-state index contributed by atoms with van der Waals surface area (Å²) < 4.78 is 20.2. The zero-order chi connectivity index (χ0) is 19.0. The number of benzene rings is 3. The van der Waals surface area contributed by atoms with Crippen molar-refractivity contribution in [2.45, 2.75) is 25.7 Å². The van der Waals surface area contributed by atoms with Crippen LogP contribution in [0, 0.1) is 17.1 Å². The molecule has 3 aromatic rings. The van der Waals surface area contributed by atoms with E-state index >= 15 is 0 Å². The molecule has 1 N–H and O–H groups in total. The predicted octanol–water partition coefficient (Wildman–Crippen LogP) is 5.42. The van der Waals surface area contributed by atoms with Crippen LogP contribution < -0.4 is 5.32 Å². The number of nitriles is 1. The van der Waals surface area contributed by atoms with Gasteiger partial charge in [-0.15, -0.1) is 0 Å². The van der Waals surface area contributed by atoms with Crippen molar-refractivity contribution in [1.82, 2.24) is 0 Å². The summed E-state index contributed by atoms with van der Waals surface area (Å²) in [7, 11) is 0. The second-order valence-corrected chi connectivity index (χ2v) is 6.90. The van der Waals surface area contributed by atoms with Gasteiger partial charge in [0.2, 0.25) is 0 Å². The smallest absolute Gasteiger partial charge is 0.126 e. The second kappa shape index (κ2) is 6.53. The van der Waals surface area contributed by atoms with Crippen LogP contribution >= 0.6 is 0 Å². The zero-order valence-corrected chi connectivity index (χ0v) is 15.2. The van der Waals surface area contributed by atoms with Gasteiger partial charge in [0.1, 0.15) is 17.6 Å². The third-order valence-corrected chi connectivity index (χ3v) is 4.99. The highest BCUT2D eigenvalue weighted by Crippen LogP contribution is 2.43. The lowest BCUT2D eigenvalue weighted by Gasteiger charge is -2.40. The third kappa shape index (κ3) is 3.07. The van der Waals surface area contributed by atoms with Crippen LogP contribution in [-0.4, -0.2) is 6.23 Å². The number of hydrogen-bond acceptors (Lipinski definition) is 3. The van der Waals surface area contributed by atoms with Gasteiger partial charge in [-0.3, -0.25) is 0 Å². The average Bonchev–Trinajstić information content (AvgIpc) is 2.68. The molecule has 0 aromatic heterocycles. The van der Waals surface area contributed by atoms with Gasteiger partial charge in [0.15, 0.2) is 0 Å². The molecule has 0 aliphatic carbocycles. The lowest BCUT2D eigenvalue weighted by molar-refractivity contribution is -0.0476. The number of anilines is 1. The number of halogens is 1. The Kier molecular flexibility index (Phi) is 4.18. The highest BCUT2D eigenvalue weighted by atomic mass is 19.1. The minimum absolute atomic E-state index is 0.145. The van der Waals surface area contributed by atoms with Gasteiger partial charge in [-0.05, 0) is 60.9 Å². The molecule has 0 fully saturated rings. The molecule has 3 aromatic carbocycles. The van der Waals surface area contributed by atoms with E-state index in [1.165, 1.54) is 12.1 Å². The van der Waals surface area contributed by atoms with E-state index in [1.54, 1.807) is 6.07 Å². The maximum absolute atomic E-state index is 13.9. The number of fused-ring (bicyclic) bond motifs is 1. The van der Waals surface area contributed by atoms with E-state index in [-0.39, 0.29) is 6.23 Å². The first-order chi connectivity index (χ1) is 13.0. The van der Waals surface area contributed by atoms with Crippen LogP contribution in [0.25, 0.3) is 11.1 Å².